The molecule has 4 heteroatoms. The number of aryl methyl sites for hydroxylation is 1. The van der Waals surface area contributed by atoms with Gasteiger partial charge in [0.05, 0.1) is 12.8 Å². The summed E-state index contributed by atoms with van der Waals surface area (Å²) in [6.07, 6.45) is 4.81. The lowest BCUT2D eigenvalue weighted by molar-refractivity contribution is 0.417. The van der Waals surface area contributed by atoms with Crippen molar-refractivity contribution in [2.75, 3.05) is 17.7 Å². The highest BCUT2D eigenvalue weighted by atomic mass is 32.1. The van der Waals surface area contributed by atoms with E-state index >= 15 is 0 Å². The number of hydrogen-bond donors (Lipinski definition) is 2. The lowest BCUT2D eigenvalue weighted by Crippen LogP contribution is -2.21. The molecule has 0 spiro atoms. The number of nitrogens with one attached hydrogen (secondary N) is 2. The third-order valence-corrected chi connectivity index (χ3v) is 4.20. The van der Waals surface area contributed by atoms with Crippen LogP contribution >= 0.6 is 12.2 Å². The number of rotatable bonds is 3. The third kappa shape index (κ3) is 3.22. The first-order chi connectivity index (χ1) is 10.8. The van der Waals surface area contributed by atoms with Crippen molar-refractivity contribution in [3.63, 3.8) is 0 Å². The van der Waals surface area contributed by atoms with Gasteiger partial charge in [0.1, 0.15) is 5.75 Å². The molecule has 0 bridgehead atoms. The second-order valence-corrected chi connectivity index (χ2v) is 5.84. The van der Waals surface area contributed by atoms with Crippen LogP contribution < -0.4 is 15.4 Å². The van der Waals surface area contributed by atoms with Crippen LogP contribution in [0.1, 0.15) is 24.0 Å². The molecule has 1 aliphatic rings. The molecule has 0 aromatic heterocycles. The number of anilines is 2. The molecule has 0 heterocycles. The Morgan fingerprint density at radius 1 is 0.955 bits per heavy atom. The molecule has 3 nitrogen and oxygen atoms in total. The molecule has 2 aromatic rings. The van der Waals surface area contributed by atoms with Gasteiger partial charge in [-0.2, -0.15) is 0 Å². The summed E-state index contributed by atoms with van der Waals surface area (Å²) in [6, 6.07) is 14.2. The average Bonchev–Trinajstić information content (AvgIpc) is 2.55. The Bertz CT molecular complexity index is 685. The van der Waals surface area contributed by atoms with Crippen LogP contribution in [-0.4, -0.2) is 12.2 Å². The topological polar surface area (TPSA) is 33.3 Å². The first-order valence-corrected chi connectivity index (χ1v) is 8.00. The van der Waals surface area contributed by atoms with Crippen LogP contribution in [0.15, 0.2) is 42.5 Å². The zero-order chi connectivity index (χ0) is 15.4. The molecular weight excluding hydrogens is 292 g/mol. The number of para-hydroxylation sites is 2. The number of thiocarbonyl (C=S) groups is 1. The molecule has 114 valence electrons. The van der Waals surface area contributed by atoms with E-state index in [4.69, 9.17) is 17.0 Å². The van der Waals surface area contributed by atoms with E-state index in [2.05, 4.69) is 28.8 Å². The molecule has 0 unspecified atom stereocenters. The zero-order valence-electron chi connectivity index (χ0n) is 12.7. The van der Waals surface area contributed by atoms with Crippen LogP contribution in [0.5, 0.6) is 5.75 Å². The largest absolute Gasteiger partial charge is 0.495 e. The Hall–Kier alpha value is -2.07. The summed E-state index contributed by atoms with van der Waals surface area (Å²) in [7, 11) is 1.66. The first kappa shape index (κ1) is 14.9. The summed E-state index contributed by atoms with van der Waals surface area (Å²) in [5.41, 5.74) is 4.83. The van der Waals surface area contributed by atoms with Crippen LogP contribution in [0.3, 0.4) is 0 Å². The fourth-order valence-electron chi connectivity index (χ4n) is 2.92. The van der Waals surface area contributed by atoms with Crippen LogP contribution in [0.2, 0.25) is 0 Å². The number of methoxy groups -OCH3 is 1. The fraction of sp³-hybridized carbons (Fsp3) is 0.278. The Morgan fingerprint density at radius 3 is 2.55 bits per heavy atom. The molecule has 0 fully saturated rings. The molecule has 0 radical (unpaired) electrons. The fourth-order valence-corrected chi connectivity index (χ4v) is 3.14. The minimum Gasteiger partial charge on any atom is -0.495 e. The monoisotopic (exact) mass is 312 g/mol. The summed E-state index contributed by atoms with van der Waals surface area (Å²) < 4.78 is 5.34. The smallest absolute Gasteiger partial charge is 0.175 e. The minimum atomic E-state index is 0.587. The van der Waals surface area contributed by atoms with Gasteiger partial charge in [-0.1, -0.05) is 24.3 Å². The Balaban J connectivity index is 1.75. The molecule has 0 aliphatic heterocycles. The van der Waals surface area contributed by atoms with Gasteiger partial charge in [-0.25, -0.2) is 0 Å². The van der Waals surface area contributed by atoms with Gasteiger partial charge in [-0.3, -0.25) is 0 Å². The maximum Gasteiger partial charge on any atom is 0.175 e. The second-order valence-electron chi connectivity index (χ2n) is 5.43. The molecule has 2 aromatic carbocycles. The van der Waals surface area contributed by atoms with E-state index in [0.29, 0.717) is 5.11 Å². The Labute approximate surface area is 136 Å². The quantitative estimate of drug-likeness (QED) is 0.824. The van der Waals surface area contributed by atoms with E-state index in [0.717, 1.165) is 30.0 Å². The van der Waals surface area contributed by atoms with E-state index in [1.54, 1.807) is 7.11 Å². The van der Waals surface area contributed by atoms with Crippen molar-refractivity contribution in [1.29, 1.82) is 0 Å². The summed E-state index contributed by atoms with van der Waals surface area (Å²) in [6.45, 7) is 0. The molecule has 0 amide bonds. The summed E-state index contributed by atoms with van der Waals surface area (Å²) in [5.74, 6) is 0.779. The molecule has 0 saturated carbocycles. The van der Waals surface area contributed by atoms with Crippen LogP contribution in [-0.2, 0) is 12.8 Å². The van der Waals surface area contributed by atoms with Gasteiger partial charge >= 0.3 is 0 Å². The highest BCUT2D eigenvalue weighted by Gasteiger charge is 2.13. The highest BCUT2D eigenvalue weighted by molar-refractivity contribution is 7.80. The van der Waals surface area contributed by atoms with Crippen molar-refractivity contribution in [2.24, 2.45) is 0 Å². The predicted octanol–water partition coefficient (Wildman–Crippen LogP) is 4.38. The number of ether oxygens (including phenoxy) is 1. The van der Waals surface area contributed by atoms with Crippen molar-refractivity contribution in [3.8, 4) is 5.75 Å². The van der Waals surface area contributed by atoms with Gasteiger partial charge in [0.15, 0.2) is 5.11 Å². The minimum absolute atomic E-state index is 0.587. The van der Waals surface area contributed by atoms with E-state index in [-0.39, 0.29) is 0 Å². The van der Waals surface area contributed by atoms with E-state index < -0.39 is 0 Å². The highest BCUT2D eigenvalue weighted by Crippen LogP contribution is 2.28. The van der Waals surface area contributed by atoms with Gasteiger partial charge < -0.3 is 15.4 Å². The molecule has 3 rings (SSSR count). The maximum absolute atomic E-state index is 5.45. The van der Waals surface area contributed by atoms with Gasteiger partial charge in [0.25, 0.3) is 0 Å². The standard InChI is InChI=1S/C18H20N2OS/c1-21-17-12-5-4-10-16(17)20-18(22)19-15-11-6-8-13-7-2-3-9-14(13)15/h4-6,8,10-12H,2-3,7,9H2,1H3,(H2,19,20,22). The van der Waals surface area contributed by atoms with Gasteiger partial charge in [-0.05, 0) is 67.2 Å². The lowest BCUT2D eigenvalue weighted by Gasteiger charge is -2.21. The maximum atomic E-state index is 5.45. The van der Waals surface area contributed by atoms with Crippen LogP contribution in [0.4, 0.5) is 11.4 Å². The van der Waals surface area contributed by atoms with Crippen molar-refractivity contribution in [3.05, 3.63) is 53.6 Å². The van der Waals surface area contributed by atoms with E-state index in [1.807, 2.05) is 24.3 Å². The molecular formula is C18H20N2OS. The Kier molecular flexibility index (Phi) is 4.59. The van der Waals surface area contributed by atoms with Gasteiger partial charge in [0, 0.05) is 5.69 Å². The first-order valence-electron chi connectivity index (χ1n) is 7.59. The van der Waals surface area contributed by atoms with Crippen molar-refractivity contribution in [1.82, 2.24) is 0 Å². The third-order valence-electron chi connectivity index (χ3n) is 4.00. The molecule has 22 heavy (non-hydrogen) atoms. The van der Waals surface area contributed by atoms with Crippen molar-refractivity contribution < 1.29 is 4.74 Å². The lowest BCUT2D eigenvalue weighted by atomic mass is 9.90. The predicted molar refractivity (Wildman–Crippen MR) is 95.9 cm³/mol. The zero-order valence-corrected chi connectivity index (χ0v) is 13.5. The summed E-state index contributed by atoms with van der Waals surface area (Å²) >= 11 is 5.45. The van der Waals surface area contributed by atoms with Crippen molar-refractivity contribution >= 4 is 28.7 Å². The SMILES string of the molecule is COc1ccccc1NC(=S)Nc1cccc2c1CCCC2. The summed E-state index contributed by atoms with van der Waals surface area (Å²) in [4.78, 5) is 0. The van der Waals surface area contributed by atoms with Crippen LogP contribution in [0, 0.1) is 0 Å². The van der Waals surface area contributed by atoms with E-state index in [1.165, 1.54) is 24.0 Å². The molecule has 0 atom stereocenters. The molecule has 1 aliphatic carbocycles. The average molecular weight is 312 g/mol. The number of fused-ring (bicyclic) bond motifs is 1. The second kappa shape index (κ2) is 6.79. The normalized spacial score (nSPS) is 13.1. The van der Waals surface area contributed by atoms with Crippen molar-refractivity contribution in [2.45, 2.75) is 25.7 Å². The van der Waals surface area contributed by atoms with E-state index in [9.17, 15) is 0 Å². The van der Waals surface area contributed by atoms with Crippen LogP contribution in [0.25, 0.3) is 0 Å². The van der Waals surface area contributed by atoms with Gasteiger partial charge in [0.2, 0.25) is 0 Å². The molecule has 0 saturated heterocycles. The van der Waals surface area contributed by atoms with Gasteiger partial charge in [-0.15, -0.1) is 0 Å². The number of benzene rings is 2. The number of hydrogen-bond acceptors (Lipinski definition) is 2. The molecule has 2 N–H and O–H groups in total. The Morgan fingerprint density at radius 2 is 1.68 bits per heavy atom. The summed E-state index contributed by atoms with van der Waals surface area (Å²) in [5, 5.41) is 7.13.